The predicted octanol–water partition coefficient (Wildman–Crippen LogP) is 1.39. The molecular weight excluding hydrogens is 246 g/mol. The van der Waals surface area contributed by atoms with Gasteiger partial charge >= 0.3 is 5.97 Å². The Hall–Kier alpha value is -1.85. The van der Waals surface area contributed by atoms with Crippen LogP contribution in [0.2, 0.25) is 0 Å². The molecule has 1 rings (SSSR count). The van der Waals surface area contributed by atoms with Crippen molar-refractivity contribution in [2.75, 3.05) is 13.7 Å². The van der Waals surface area contributed by atoms with Crippen LogP contribution in [0.1, 0.15) is 43.4 Å². The average Bonchev–Trinajstić information content (AvgIpc) is 2.83. The van der Waals surface area contributed by atoms with E-state index >= 15 is 0 Å². The fraction of sp³-hybridized carbons (Fsp3) is 0.615. The molecule has 1 heterocycles. The minimum Gasteiger partial charge on any atom is -0.451 e. The molecule has 6 heteroatoms. The van der Waals surface area contributed by atoms with Crippen molar-refractivity contribution in [1.29, 1.82) is 0 Å². The molecule has 1 amide bonds. The number of aromatic amines is 1. The van der Waals surface area contributed by atoms with Gasteiger partial charge in [0.1, 0.15) is 0 Å². The van der Waals surface area contributed by atoms with Crippen molar-refractivity contribution < 1.29 is 14.3 Å². The highest BCUT2D eigenvalue weighted by atomic mass is 16.5. The Kier molecular flexibility index (Phi) is 5.54. The number of carbonyl (C=O) groups excluding carboxylic acids is 2. The molecule has 0 radical (unpaired) electrons. The highest BCUT2D eigenvalue weighted by molar-refractivity contribution is 5.89. The van der Waals surface area contributed by atoms with E-state index in [-0.39, 0.29) is 24.2 Å². The van der Waals surface area contributed by atoms with Gasteiger partial charge in [0.2, 0.25) is 0 Å². The van der Waals surface area contributed by atoms with Gasteiger partial charge in [-0.3, -0.25) is 9.89 Å². The first-order valence-corrected chi connectivity index (χ1v) is 6.42. The predicted molar refractivity (Wildman–Crippen MR) is 70.8 cm³/mol. The molecule has 0 aliphatic heterocycles. The number of hydrogen-bond donors (Lipinski definition) is 1. The largest absolute Gasteiger partial charge is 0.451 e. The normalized spacial score (nSPS) is 10.6. The molecule has 1 N–H and O–H groups in total. The van der Waals surface area contributed by atoms with E-state index in [9.17, 15) is 9.59 Å². The van der Waals surface area contributed by atoms with Gasteiger partial charge in [0.25, 0.3) is 5.91 Å². The Bertz CT molecular complexity index is 440. The molecule has 106 valence electrons. The average molecular weight is 267 g/mol. The van der Waals surface area contributed by atoms with Gasteiger partial charge in [-0.1, -0.05) is 13.3 Å². The molecule has 0 saturated heterocycles. The number of aryl methyl sites for hydroxylation is 1. The second-order valence-electron chi connectivity index (χ2n) is 4.70. The molecule has 19 heavy (non-hydrogen) atoms. The molecule has 1 aromatic rings. The van der Waals surface area contributed by atoms with Crippen molar-refractivity contribution in [3.05, 3.63) is 17.5 Å². The van der Waals surface area contributed by atoms with Gasteiger partial charge in [-0.2, -0.15) is 5.10 Å². The van der Waals surface area contributed by atoms with Crippen LogP contribution in [-0.2, 0) is 16.0 Å². The number of hydrogen-bond acceptors (Lipinski definition) is 4. The lowest BCUT2D eigenvalue weighted by Gasteiger charge is -2.20. The number of carbonyl (C=O) groups is 2. The zero-order chi connectivity index (χ0) is 14.4. The molecule has 0 spiro atoms. The van der Waals surface area contributed by atoms with Crippen molar-refractivity contribution in [2.24, 2.45) is 0 Å². The summed E-state index contributed by atoms with van der Waals surface area (Å²) in [5.41, 5.74) is 1.10. The number of rotatable bonds is 6. The number of aromatic nitrogens is 2. The monoisotopic (exact) mass is 267 g/mol. The molecule has 1 aromatic heterocycles. The number of nitrogens with one attached hydrogen (secondary N) is 1. The number of nitrogens with zero attached hydrogens (tertiary/aromatic N) is 2. The first kappa shape index (κ1) is 15.2. The molecule has 0 saturated carbocycles. The lowest BCUT2D eigenvalue weighted by molar-refractivity contribution is -0.134. The minimum atomic E-state index is -0.580. The summed E-state index contributed by atoms with van der Waals surface area (Å²) in [7, 11) is 1.68. The number of H-pyrrole nitrogens is 1. The van der Waals surface area contributed by atoms with Crippen LogP contribution in [0.15, 0.2) is 6.07 Å². The van der Waals surface area contributed by atoms with Crippen LogP contribution < -0.4 is 0 Å². The Labute approximate surface area is 113 Å². The zero-order valence-electron chi connectivity index (χ0n) is 11.9. The lowest BCUT2D eigenvalue weighted by atomic mass is 10.2. The molecule has 0 fully saturated rings. The number of esters is 1. The van der Waals surface area contributed by atoms with Gasteiger partial charge in [0, 0.05) is 18.8 Å². The van der Waals surface area contributed by atoms with E-state index in [0.717, 1.165) is 18.5 Å². The van der Waals surface area contributed by atoms with Gasteiger partial charge in [-0.15, -0.1) is 0 Å². The summed E-state index contributed by atoms with van der Waals surface area (Å²) in [4.78, 5) is 24.9. The number of amides is 1. The van der Waals surface area contributed by atoms with Crippen molar-refractivity contribution in [3.63, 3.8) is 0 Å². The first-order valence-electron chi connectivity index (χ1n) is 6.42. The standard InChI is InChI=1S/C13H21N3O3/c1-5-6-10-7-11(15-14-10)13(18)19-8-12(17)16(4)9(2)3/h7,9H,5-6,8H2,1-4H3,(H,14,15). The van der Waals surface area contributed by atoms with Crippen molar-refractivity contribution in [2.45, 2.75) is 39.7 Å². The van der Waals surface area contributed by atoms with E-state index in [1.807, 2.05) is 20.8 Å². The van der Waals surface area contributed by atoms with Crippen LogP contribution in [0.4, 0.5) is 0 Å². The summed E-state index contributed by atoms with van der Waals surface area (Å²) in [5, 5.41) is 6.64. The molecule has 6 nitrogen and oxygen atoms in total. The number of likely N-dealkylation sites (N-methyl/N-ethyl adjacent to an activating group) is 1. The van der Waals surface area contributed by atoms with E-state index in [4.69, 9.17) is 4.74 Å². The van der Waals surface area contributed by atoms with Crippen LogP contribution in [0, 0.1) is 0 Å². The molecule has 0 bridgehead atoms. The van der Waals surface area contributed by atoms with Gasteiger partial charge < -0.3 is 9.64 Å². The summed E-state index contributed by atoms with van der Waals surface area (Å²) in [6.45, 7) is 5.57. The van der Waals surface area contributed by atoms with Crippen LogP contribution in [0.5, 0.6) is 0 Å². The first-order chi connectivity index (χ1) is 8.95. The second kappa shape index (κ2) is 6.92. The topological polar surface area (TPSA) is 75.3 Å². The maximum atomic E-state index is 11.7. The maximum Gasteiger partial charge on any atom is 0.359 e. The Balaban J connectivity index is 2.48. The van der Waals surface area contributed by atoms with Crippen LogP contribution >= 0.6 is 0 Å². The van der Waals surface area contributed by atoms with E-state index < -0.39 is 5.97 Å². The molecule has 0 aliphatic rings. The Morgan fingerprint density at radius 2 is 2.16 bits per heavy atom. The quantitative estimate of drug-likeness (QED) is 0.790. The van der Waals surface area contributed by atoms with E-state index in [2.05, 4.69) is 10.2 Å². The van der Waals surface area contributed by atoms with Gasteiger partial charge in [-0.25, -0.2) is 4.79 Å². The smallest absolute Gasteiger partial charge is 0.359 e. The SMILES string of the molecule is CCCc1cc(C(=O)OCC(=O)N(C)C(C)C)n[nH]1. The minimum absolute atomic E-state index is 0.0766. The fourth-order valence-electron chi connectivity index (χ4n) is 1.45. The summed E-state index contributed by atoms with van der Waals surface area (Å²) in [6, 6.07) is 1.73. The highest BCUT2D eigenvalue weighted by Gasteiger charge is 2.17. The third kappa shape index (κ3) is 4.39. The van der Waals surface area contributed by atoms with Crippen molar-refractivity contribution in [1.82, 2.24) is 15.1 Å². The lowest BCUT2D eigenvalue weighted by Crippen LogP contribution is -2.36. The van der Waals surface area contributed by atoms with E-state index in [1.165, 1.54) is 4.90 Å². The molecule has 0 unspecified atom stereocenters. The summed E-state index contributed by atoms with van der Waals surface area (Å²) in [5.74, 6) is -0.809. The Morgan fingerprint density at radius 3 is 2.74 bits per heavy atom. The summed E-state index contributed by atoms with van der Waals surface area (Å²) in [6.07, 6.45) is 1.80. The summed E-state index contributed by atoms with van der Waals surface area (Å²) < 4.78 is 4.94. The van der Waals surface area contributed by atoms with Crippen LogP contribution in [0.3, 0.4) is 0 Å². The molecule has 0 aliphatic carbocycles. The zero-order valence-corrected chi connectivity index (χ0v) is 11.9. The fourth-order valence-corrected chi connectivity index (χ4v) is 1.45. The van der Waals surface area contributed by atoms with E-state index in [0.29, 0.717) is 0 Å². The van der Waals surface area contributed by atoms with Gasteiger partial charge in [-0.05, 0) is 26.3 Å². The Morgan fingerprint density at radius 1 is 1.47 bits per heavy atom. The molecule has 0 atom stereocenters. The number of ether oxygens (including phenoxy) is 1. The van der Waals surface area contributed by atoms with Crippen LogP contribution in [-0.4, -0.2) is 46.7 Å². The maximum absolute atomic E-state index is 11.7. The second-order valence-corrected chi connectivity index (χ2v) is 4.70. The van der Waals surface area contributed by atoms with Gasteiger partial charge in [0.15, 0.2) is 12.3 Å². The summed E-state index contributed by atoms with van der Waals surface area (Å²) >= 11 is 0. The van der Waals surface area contributed by atoms with Crippen molar-refractivity contribution >= 4 is 11.9 Å². The van der Waals surface area contributed by atoms with Gasteiger partial charge in [0.05, 0.1) is 0 Å². The van der Waals surface area contributed by atoms with E-state index in [1.54, 1.807) is 13.1 Å². The van der Waals surface area contributed by atoms with Crippen LogP contribution in [0.25, 0.3) is 0 Å². The third-order valence-electron chi connectivity index (χ3n) is 2.85. The van der Waals surface area contributed by atoms with Crippen molar-refractivity contribution in [3.8, 4) is 0 Å². The highest BCUT2D eigenvalue weighted by Crippen LogP contribution is 2.04. The molecule has 0 aromatic carbocycles. The molecular formula is C13H21N3O3. The third-order valence-corrected chi connectivity index (χ3v) is 2.85.